The van der Waals surface area contributed by atoms with Crippen LogP contribution in [-0.2, 0) is 0 Å². The van der Waals surface area contributed by atoms with Crippen molar-refractivity contribution in [1.29, 1.82) is 0 Å². The zero-order chi connectivity index (χ0) is 24.6. The number of hydrogen-bond donors (Lipinski definition) is 2. The first-order chi connectivity index (χ1) is 16.2. The molecule has 0 bridgehead atoms. The lowest BCUT2D eigenvalue weighted by Crippen LogP contribution is -2.57. The third-order valence-corrected chi connectivity index (χ3v) is 6.64. The van der Waals surface area contributed by atoms with E-state index in [1.165, 1.54) is 12.1 Å². The number of rotatable bonds is 7. The number of halogens is 1. The first-order valence-corrected chi connectivity index (χ1v) is 11.6. The van der Waals surface area contributed by atoms with Crippen LogP contribution in [0.2, 0.25) is 0 Å². The molecule has 176 valence electrons. The normalized spacial score (nSPS) is 14.6. The van der Waals surface area contributed by atoms with Gasteiger partial charge in [0.1, 0.15) is 5.69 Å². The van der Waals surface area contributed by atoms with Gasteiger partial charge in [0.15, 0.2) is 0 Å². The van der Waals surface area contributed by atoms with Crippen molar-refractivity contribution in [3.8, 4) is 0 Å². The van der Waals surface area contributed by atoms with Crippen molar-refractivity contribution >= 4 is 49.9 Å². The summed E-state index contributed by atoms with van der Waals surface area (Å²) in [5.41, 5.74) is 5.97. The van der Waals surface area contributed by atoms with E-state index in [1.54, 1.807) is 17.3 Å². The van der Waals surface area contributed by atoms with Gasteiger partial charge in [-0.3, -0.25) is 24.7 Å². The maximum atomic E-state index is 13.2. The van der Waals surface area contributed by atoms with E-state index in [2.05, 4.69) is 26.2 Å². The van der Waals surface area contributed by atoms with Crippen molar-refractivity contribution in [3.63, 3.8) is 0 Å². The number of anilines is 1. The number of fused-ring (bicyclic) bond motifs is 1. The molecule has 1 saturated heterocycles. The van der Waals surface area contributed by atoms with Crippen LogP contribution in [0.25, 0.3) is 10.8 Å². The van der Waals surface area contributed by atoms with E-state index in [-0.39, 0.29) is 40.7 Å². The molecule has 1 aromatic heterocycles. The molecule has 2 aromatic carbocycles. The first-order valence-electron chi connectivity index (χ1n) is 10.8. The molecule has 4 rings (SSSR count). The van der Waals surface area contributed by atoms with Crippen molar-refractivity contribution in [2.45, 2.75) is 19.9 Å². The van der Waals surface area contributed by atoms with Gasteiger partial charge in [0.05, 0.1) is 16.1 Å². The maximum Gasteiger partial charge on any atom is 0.294 e. The Bertz CT molecular complexity index is 1250. The number of aromatic nitrogens is 1. The summed E-state index contributed by atoms with van der Waals surface area (Å²) < 4.78 is 0.392. The highest BCUT2D eigenvalue weighted by molar-refractivity contribution is 9.10. The van der Waals surface area contributed by atoms with Crippen LogP contribution in [0.15, 0.2) is 53.3 Å². The number of nitrogens with zero attached hydrogens (tertiary/aromatic N) is 3. The van der Waals surface area contributed by atoms with Gasteiger partial charge in [-0.15, -0.1) is 0 Å². The molecule has 1 fully saturated rings. The minimum Gasteiger partial charge on any atom is -0.375 e. The monoisotopic (exact) mass is 525 g/mol. The van der Waals surface area contributed by atoms with E-state index in [9.17, 15) is 19.7 Å². The maximum absolute atomic E-state index is 13.2. The summed E-state index contributed by atoms with van der Waals surface area (Å²) in [6, 6.07) is 10.2. The van der Waals surface area contributed by atoms with Crippen LogP contribution < -0.4 is 11.1 Å². The van der Waals surface area contributed by atoms with E-state index in [0.29, 0.717) is 23.1 Å². The summed E-state index contributed by atoms with van der Waals surface area (Å²) in [6.45, 7) is 4.94. The largest absolute Gasteiger partial charge is 0.375 e. The Balaban J connectivity index is 1.57. The minimum atomic E-state index is -0.761. The summed E-state index contributed by atoms with van der Waals surface area (Å²) in [6.07, 6.45) is 3.31. The van der Waals surface area contributed by atoms with Gasteiger partial charge in [-0.1, -0.05) is 54.0 Å². The molecule has 10 heteroatoms. The van der Waals surface area contributed by atoms with Crippen molar-refractivity contribution in [3.05, 3.63) is 74.5 Å². The average molecular weight is 526 g/mol. The van der Waals surface area contributed by atoms with Crippen LogP contribution in [0.1, 0.15) is 34.6 Å². The number of pyridine rings is 1. The quantitative estimate of drug-likeness (QED) is 0.350. The second-order valence-electron chi connectivity index (χ2n) is 8.76. The summed E-state index contributed by atoms with van der Waals surface area (Å²) in [7, 11) is 0. The van der Waals surface area contributed by atoms with Crippen LogP contribution in [0.5, 0.6) is 0 Å². The first kappa shape index (κ1) is 23.6. The minimum absolute atomic E-state index is 0.0378. The lowest BCUT2D eigenvalue weighted by Gasteiger charge is -2.45. The molecular weight excluding hydrogens is 502 g/mol. The van der Waals surface area contributed by atoms with Gasteiger partial charge in [0.2, 0.25) is 0 Å². The molecule has 3 N–H and O–H groups in total. The van der Waals surface area contributed by atoms with E-state index in [1.807, 2.05) is 38.1 Å². The Morgan fingerprint density at radius 1 is 1.21 bits per heavy atom. The number of benzene rings is 2. The van der Waals surface area contributed by atoms with Gasteiger partial charge >= 0.3 is 0 Å². The lowest BCUT2D eigenvalue weighted by molar-refractivity contribution is -0.384. The fourth-order valence-electron chi connectivity index (χ4n) is 4.44. The summed E-state index contributed by atoms with van der Waals surface area (Å²) in [4.78, 5) is 42.3. The number of carbonyl (C=O) groups excluding carboxylic acids is 2. The van der Waals surface area contributed by atoms with Crippen molar-refractivity contribution in [1.82, 2.24) is 9.88 Å². The number of carbonyl (C=O) groups is 2. The van der Waals surface area contributed by atoms with E-state index in [4.69, 9.17) is 5.73 Å². The van der Waals surface area contributed by atoms with Crippen molar-refractivity contribution in [2.24, 2.45) is 17.6 Å². The van der Waals surface area contributed by atoms with Crippen LogP contribution in [-0.4, -0.2) is 45.8 Å². The fourth-order valence-corrected chi connectivity index (χ4v) is 4.89. The second-order valence-corrected chi connectivity index (χ2v) is 9.68. The third kappa shape index (κ3) is 4.45. The number of nitrogens with two attached hydrogens (primary N) is 1. The molecule has 34 heavy (non-hydrogen) atoms. The van der Waals surface area contributed by atoms with Gasteiger partial charge < -0.3 is 16.0 Å². The Morgan fingerprint density at radius 2 is 1.91 bits per heavy atom. The fraction of sp³-hybridized carbons (Fsp3) is 0.292. The highest BCUT2D eigenvalue weighted by Crippen LogP contribution is 2.36. The van der Waals surface area contributed by atoms with Gasteiger partial charge in [0.25, 0.3) is 17.5 Å². The highest BCUT2D eigenvalue weighted by atomic mass is 79.9. The SMILES string of the molecule is CC(C)C(Nc1c(C(N)=O)cc(Br)cc1[N+](=O)[O-])C1CN(C(=O)c2cncc3ccccc23)C1. The Kier molecular flexibility index (Phi) is 6.52. The van der Waals surface area contributed by atoms with Gasteiger partial charge in [-0.2, -0.15) is 0 Å². The molecule has 3 aromatic rings. The lowest BCUT2D eigenvalue weighted by atomic mass is 9.83. The highest BCUT2D eigenvalue weighted by Gasteiger charge is 2.39. The Morgan fingerprint density at radius 3 is 2.56 bits per heavy atom. The predicted octanol–water partition coefficient (Wildman–Crippen LogP) is 4.21. The van der Waals surface area contributed by atoms with Crippen LogP contribution >= 0.6 is 15.9 Å². The molecule has 0 radical (unpaired) electrons. The van der Waals surface area contributed by atoms with Crippen LogP contribution in [0, 0.1) is 22.0 Å². The average Bonchev–Trinajstić information content (AvgIpc) is 2.76. The number of likely N-dealkylation sites (tertiary alicyclic amines) is 1. The predicted molar refractivity (Wildman–Crippen MR) is 133 cm³/mol. The summed E-state index contributed by atoms with van der Waals surface area (Å²) in [5, 5.41) is 16.7. The Labute approximate surface area is 204 Å². The van der Waals surface area contributed by atoms with E-state index in [0.717, 1.165) is 10.8 Å². The van der Waals surface area contributed by atoms with Crippen LogP contribution in [0.3, 0.4) is 0 Å². The number of primary amides is 1. The number of nitro benzene ring substituents is 1. The molecule has 1 atom stereocenters. The molecule has 1 aliphatic rings. The van der Waals surface area contributed by atoms with Crippen molar-refractivity contribution in [2.75, 3.05) is 18.4 Å². The molecule has 1 aliphatic heterocycles. The van der Waals surface area contributed by atoms with Crippen LogP contribution in [0.4, 0.5) is 11.4 Å². The molecule has 0 spiro atoms. The molecule has 1 unspecified atom stereocenters. The molecule has 9 nitrogen and oxygen atoms in total. The van der Waals surface area contributed by atoms with Gasteiger partial charge in [0, 0.05) is 53.4 Å². The molecule has 0 saturated carbocycles. The zero-order valence-corrected chi connectivity index (χ0v) is 20.3. The topological polar surface area (TPSA) is 131 Å². The smallest absolute Gasteiger partial charge is 0.294 e. The molecule has 2 heterocycles. The number of amides is 2. The zero-order valence-electron chi connectivity index (χ0n) is 18.7. The third-order valence-electron chi connectivity index (χ3n) is 6.18. The number of nitro groups is 1. The standard InChI is InChI=1S/C24H24BrN5O4/c1-13(2)21(28-22-18(23(26)31)7-16(25)8-20(22)30(33)34)15-11-29(12-15)24(32)19-10-27-9-14-5-3-4-6-17(14)19/h3-10,13,15,21,28H,11-12H2,1-2H3,(H2,26,31). The van der Waals surface area contributed by atoms with E-state index >= 15 is 0 Å². The molecule has 0 aliphatic carbocycles. The molecule has 2 amide bonds. The molecular formula is C24H24BrN5O4. The van der Waals surface area contributed by atoms with E-state index < -0.39 is 10.8 Å². The summed E-state index contributed by atoms with van der Waals surface area (Å²) >= 11 is 3.21. The van der Waals surface area contributed by atoms with Crippen molar-refractivity contribution < 1.29 is 14.5 Å². The number of nitrogens with one attached hydrogen (secondary N) is 1. The Hall–Kier alpha value is -3.53. The van der Waals surface area contributed by atoms with Gasteiger partial charge in [-0.05, 0) is 17.4 Å². The van der Waals surface area contributed by atoms with Gasteiger partial charge in [-0.25, -0.2) is 0 Å². The summed E-state index contributed by atoms with van der Waals surface area (Å²) in [5.74, 6) is -0.750. The number of hydrogen-bond acceptors (Lipinski definition) is 6. The second kappa shape index (κ2) is 9.38.